The number of phenolic OH excluding ortho intramolecular Hbond substituents is 1. The van der Waals surface area contributed by atoms with Crippen molar-refractivity contribution in [1.82, 2.24) is 0 Å². The molecular formula is C10H9BrO4. The number of ether oxygens (including phenoxy) is 1. The van der Waals surface area contributed by atoms with Gasteiger partial charge in [0.25, 0.3) is 0 Å². The molecule has 15 heavy (non-hydrogen) atoms. The third-order valence-corrected chi connectivity index (χ3v) is 2.62. The number of hydrogen-bond acceptors (Lipinski definition) is 4. The van der Waals surface area contributed by atoms with E-state index in [0.717, 1.165) is 0 Å². The van der Waals surface area contributed by atoms with Crippen LogP contribution in [0.2, 0.25) is 0 Å². The maximum absolute atomic E-state index is 11.0. The molecule has 0 atom stereocenters. The second-order valence-electron chi connectivity index (χ2n) is 2.87. The average Bonchev–Trinajstić information content (AvgIpc) is 2.21. The number of benzene rings is 1. The van der Waals surface area contributed by atoms with Crippen LogP contribution in [0.4, 0.5) is 0 Å². The lowest BCUT2D eigenvalue weighted by Gasteiger charge is -2.05. The van der Waals surface area contributed by atoms with Crippen molar-refractivity contribution < 1.29 is 19.4 Å². The second-order valence-corrected chi connectivity index (χ2v) is 3.73. The minimum atomic E-state index is -0.404. The van der Waals surface area contributed by atoms with E-state index in [-0.39, 0.29) is 17.7 Å². The molecule has 1 N–H and O–H groups in total. The van der Waals surface area contributed by atoms with E-state index in [1.807, 2.05) is 0 Å². The first-order valence-electron chi connectivity index (χ1n) is 4.12. The lowest BCUT2D eigenvalue weighted by Crippen LogP contribution is -2.05. The van der Waals surface area contributed by atoms with Gasteiger partial charge in [0.2, 0.25) is 0 Å². The highest BCUT2D eigenvalue weighted by molar-refractivity contribution is 9.10. The lowest BCUT2D eigenvalue weighted by molar-refractivity contribution is -0.139. The minimum Gasteiger partial charge on any atom is -0.507 e. The van der Waals surface area contributed by atoms with Gasteiger partial charge in [0.05, 0.1) is 19.1 Å². The Labute approximate surface area is 95.0 Å². The molecule has 0 spiro atoms. The topological polar surface area (TPSA) is 63.6 Å². The lowest BCUT2D eigenvalue weighted by atomic mass is 10.1. The molecule has 0 aliphatic carbocycles. The van der Waals surface area contributed by atoms with Crippen LogP contribution in [0.3, 0.4) is 0 Å². The average molecular weight is 273 g/mol. The van der Waals surface area contributed by atoms with E-state index in [2.05, 4.69) is 20.7 Å². The molecule has 1 aromatic carbocycles. The highest BCUT2D eigenvalue weighted by Gasteiger charge is 2.10. The van der Waals surface area contributed by atoms with Crippen LogP contribution in [0.15, 0.2) is 16.6 Å². The normalized spacial score (nSPS) is 9.73. The SMILES string of the molecule is COC(=O)Cc1cc(C=O)c(O)cc1Br. The van der Waals surface area contributed by atoms with Crippen molar-refractivity contribution >= 4 is 28.2 Å². The number of aromatic hydroxyl groups is 1. The summed E-state index contributed by atoms with van der Waals surface area (Å²) in [7, 11) is 1.29. The molecule has 0 heterocycles. The van der Waals surface area contributed by atoms with Crippen LogP contribution in [0.1, 0.15) is 15.9 Å². The van der Waals surface area contributed by atoms with Crippen molar-refractivity contribution in [2.24, 2.45) is 0 Å². The van der Waals surface area contributed by atoms with Gasteiger partial charge in [-0.15, -0.1) is 0 Å². The predicted molar refractivity (Wildman–Crippen MR) is 56.9 cm³/mol. The predicted octanol–water partition coefficient (Wildman–Crippen LogP) is 1.68. The number of carbonyl (C=O) groups excluding carboxylic acids is 2. The largest absolute Gasteiger partial charge is 0.507 e. The molecule has 0 aliphatic rings. The Morgan fingerprint density at radius 1 is 1.60 bits per heavy atom. The number of aldehydes is 1. The number of carbonyl (C=O) groups is 2. The summed E-state index contributed by atoms with van der Waals surface area (Å²) in [6.45, 7) is 0. The molecule has 0 amide bonds. The quantitative estimate of drug-likeness (QED) is 0.672. The number of phenols is 1. The third-order valence-electron chi connectivity index (χ3n) is 1.89. The Hall–Kier alpha value is -1.36. The number of esters is 1. The zero-order valence-corrected chi connectivity index (χ0v) is 9.58. The van der Waals surface area contributed by atoms with Crippen molar-refractivity contribution in [1.29, 1.82) is 0 Å². The number of halogens is 1. The number of hydrogen-bond donors (Lipinski definition) is 1. The van der Waals surface area contributed by atoms with Gasteiger partial charge in [0.1, 0.15) is 5.75 Å². The fourth-order valence-corrected chi connectivity index (χ4v) is 1.56. The van der Waals surface area contributed by atoms with Gasteiger partial charge >= 0.3 is 5.97 Å². The molecule has 0 unspecified atom stereocenters. The van der Waals surface area contributed by atoms with Gasteiger partial charge in [-0.05, 0) is 17.7 Å². The van der Waals surface area contributed by atoms with E-state index in [1.165, 1.54) is 19.2 Å². The smallest absolute Gasteiger partial charge is 0.310 e. The zero-order valence-electron chi connectivity index (χ0n) is 7.99. The molecular weight excluding hydrogens is 264 g/mol. The molecule has 1 aromatic rings. The van der Waals surface area contributed by atoms with Crippen LogP contribution in [0.5, 0.6) is 5.75 Å². The van der Waals surface area contributed by atoms with E-state index in [0.29, 0.717) is 16.3 Å². The maximum atomic E-state index is 11.0. The Kier molecular flexibility index (Phi) is 3.85. The molecule has 1 rings (SSSR count). The summed E-state index contributed by atoms with van der Waals surface area (Å²) >= 11 is 3.18. The fraction of sp³-hybridized carbons (Fsp3) is 0.200. The van der Waals surface area contributed by atoms with E-state index >= 15 is 0 Å². The van der Waals surface area contributed by atoms with Gasteiger partial charge in [0, 0.05) is 4.47 Å². The summed E-state index contributed by atoms with van der Waals surface area (Å²) in [5.74, 6) is -0.524. The molecule has 0 fully saturated rings. The standard InChI is InChI=1S/C10H9BrO4/c1-15-10(14)3-6-2-7(5-12)9(13)4-8(6)11/h2,4-5,13H,3H2,1H3. The van der Waals surface area contributed by atoms with Crippen molar-refractivity contribution in [3.63, 3.8) is 0 Å². The molecule has 0 saturated carbocycles. The van der Waals surface area contributed by atoms with E-state index < -0.39 is 5.97 Å². The molecule has 0 radical (unpaired) electrons. The van der Waals surface area contributed by atoms with E-state index in [9.17, 15) is 14.7 Å². The Balaban J connectivity index is 3.07. The summed E-state index contributed by atoms with van der Waals surface area (Å²) in [4.78, 5) is 21.6. The van der Waals surface area contributed by atoms with E-state index in [4.69, 9.17) is 0 Å². The first kappa shape index (κ1) is 11.7. The van der Waals surface area contributed by atoms with Crippen molar-refractivity contribution in [3.8, 4) is 5.75 Å². The molecule has 80 valence electrons. The van der Waals surface area contributed by atoms with Gasteiger partial charge in [-0.25, -0.2) is 0 Å². The first-order chi connectivity index (χ1) is 7.08. The number of rotatable bonds is 3. The Bertz CT molecular complexity index is 401. The third kappa shape index (κ3) is 2.79. The molecule has 0 bridgehead atoms. The van der Waals surface area contributed by atoms with Gasteiger partial charge in [-0.2, -0.15) is 0 Å². The molecule has 0 saturated heterocycles. The first-order valence-corrected chi connectivity index (χ1v) is 4.91. The fourth-order valence-electron chi connectivity index (χ4n) is 1.08. The zero-order chi connectivity index (χ0) is 11.4. The molecule has 5 heteroatoms. The van der Waals surface area contributed by atoms with Crippen LogP contribution < -0.4 is 0 Å². The summed E-state index contributed by atoms with van der Waals surface area (Å²) in [5, 5.41) is 9.33. The van der Waals surface area contributed by atoms with Crippen molar-refractivity contribution in [3.05, 3.63) is 27.7 Å². The van der Waals surface area contributed by atoms with Gasteiger partial charge < -0.3 is 9.84 Å². The monoisotopic (exact) mass is 272 g/mol. The van der Waals surface area contributed by atoms with Crippen molar-refractivity contribution in [2.45, 2.75) is 6.42 Å². The molecule has 4 nitrogen and oxygen atoms in total. The van der Waals surface area contributed by atoms with Gasteiger partial charge in [-0.3, -0.25) is 9.59 Å². The number of methoxy groups -OCH3 is 1. The second kappa shape index (κ2) is 4.93. The summed E-state index contributed by atoms with van der Waals surface area (Å²) in [6.07, 6.45) is 0.584. The summed E-state index contributed by atoms with van der Waals surface area (Å²) < 4.78 is 5.07. The van der Waals surface area contributed by atoms with Crippen molar-refractivity contribution in [2.75, 3.05) is 7.11 Å². The Morgan fingerprint density at radius 3 is 2.80 bits per heavy atom. The Morgan fingerprint density at radius 2 is 2.27 bits per heavy atom. The van der Waals surface area contributed by atoms with Crippen LogP contribution >= 0.6 is 15.9 Å². The van der Waals surface area contributed by atoms with Gasteiger partial charge in [0.15, 0.2) is 6.29 Å². The highest BCUT2D eigenvalue weighted by Crippen LogP contribution is 2.26. The van der Waals surface area contributed by atoms with Crippen LogP contribution in [0.25, 0.3) is 0 Å². The van der Waals surface area contributed by atoms with Crippen LogP contribution in [-0.4, -0.2) is 24.5 Å². The van der Waals surface area contributed by atoms with E-state index in [1.54, 1.807) is 0 Å². The maximum Gasteiger partial charge on any atom is 0.310 e. The van der Waals surface area contributed by atoms with Crippen LogP contribution in [-0.2, 0) is 16.0 Å². The highest BCUT2D eigenvalue weighted by atomic mass is 79.9. The summed E-state index contributed by atoms with van der Waals surface area (Å²) in [6, 6.07) is 2.82. The summed E-state index contributed by atoms with van der Waals surface area (Å²) in [5.41, 5.74) is 0.749. The molecule has 0 aromatic heterocycles. The minimum absolute atomic E-state index is 0.0538. The van der Waals surface area contributed by atoms with Gasteiger partial charge in [-0.1, -0.05) is 15.9 Å². The van der Waals surface area contributed by atoms with Crippen LogP contribution in [0, 0.1) is 0 Å². The molecule has 0 aliphatic heterocycles.